The molecule has 0 bridgehead atoms. The minimum Gasteiger partial charge on any atom is -0.378 e. The summed E-state index contributed by atoms with van der Waals surface area (Å²) >= 11 is 7.59. The third-order valence-corrected chi connectivity index (χ3v) is 5.30. The first kappa shape index (κ1) is 16.1. The first-order valence-electron chi connectivity index (χ1n) is 6.21. The molecule has 0 unspecified atom stereocenters. The van der Waals surface area contributed by atoms with E-state index in [-0.39, 0.29) is 10.4 Å². The number of nitro benzene ring substituents is 1. The van der Waals surface area contributed by atoms with Crippen LogP contribution in [0.2, 0.25) is 5.02 Å². The van der Waals surface area contributed by atoms with Crippen LogP contribution in [0.4, 0.5) is 11.4 Å². The Balaban J connectivity index is 2.91. The van der Waals surface area contributed by atoms with E-state index in [1.807, 2.05) is 0 Å². The predicted octanol–water partition coefficient (Wildman–Crippen LogP) is 4.58. The molecule has 0 aliphatic carbocycles. The number of thioether (sulfide) groups is 1. The lowest BCUT2D eigenvalue weighted by Crippen LogP contribution is -2.32. The molecule has 0 fully saturated rings. The second-order valence-corrected chi connectivity index (χ2v) is 6.08. The zero-order valence-electron chi connectivity index (χ0n) is 11.4. The third kappa shape index (κ3) is 4.01. The molecule has 4 nitrogen and oxygen atoms in total. The number of anilines is 1. The Morgan fingerprint density at radius 3 is 2.53 bits per heavy atom. The van der Waals surface area contributed by atoms with Gasteiger partial charge in [0.05, 0.1) is 4.92 Å². The summed E-state index contributed by atoms with van der Waals surface area (Å²) in [5, 5.41) is 14.6. The molecule has 1 aromatic carbocycles. The third-order valence-electron chi connectivity index (χ3n) is 3.48. The van der Waals surface area contributed by atoms with Crippen molar-refractivity contribution in [3.63, 3.8) is 0 Å². The molecule has 19 heavy (non-hydrogen) atoms. The molecule has 0 spiro atoms. The van der Waals surface area contributed by atoms with Crippen molar-refractivity contribution in [3.05, 3.63) is 33.3 Å². The van der Waals surface area contributed by atoms with Gasteiger partial charge in [-0.05, 0) is 31.2 Å². The van der Waals surface area contributed by atoms with Crippen LogP contribution in [0.25, 0.3) is 0 Å². The molecule has 0 heterocycles. The number of halogens is 1. The van der Waals surface area contributed by atoms with Crippen molar-refractivity contribution in [2.45, 2.75) is 31.4 Å². The van der Waals surface area contributed by atoms with E-state index >= 15 is 0 Å². The van der Waals surface area contributed by atoms with E-state index in [0.29, 0.717) is 17.3 Å². The molecular weight excluding hydrogens is 284 g/mol. The number of benzene rings is 1. The van der Waals surface area contributed by atoms with Gasteiger partial charge in [0.25, 0.3) is 5.69 Å². The summed E-state index contributed by atoms with van der Waals surface area (Å²) in [5.74, 6) is 0. The molecule has 0 aromatic heterocycles. The van der Waals surface area contributed by atoms with Crippen molar-refractivity contribution in [1.82, 2.24) is 0 Å². The SMILES string of the molecule is CCC(CC)(CNc1ccc(Cl)cc1[N+](=O)[O-])SC. The Hall–Kier alpha value is -0.940. The highest BCUT2D eigenvalue weighted by Crippen LogP contribution is 2.33. The molecular formula is C13H19ClN2O2S. The maximum absolute atomic E-state index is 11.0. The molecule has 0 atom stereocenters. The van der Waals surface area contributed by atoms with Crippen molar-refractivity contribution in [2.24, 2.45) is 0 Å². The first-order chi connectivity index (χ1) is 8.98. The van der Waals surface area contributed by atoms with Crippen molar-refractivity contribution in [2.75, 3.05) is 18.1 Å². The molecule has 0 aliphatic rings. The molecule has 106 valence electrons. The minimum atomic E-state index is -0.410. The van der Waals surface area contributed by atoms with E-state index in [1.54, 1.807) is 23.9 Å². The van der Waals surface area contributed by atoms with Crippen LogP contribution in [0.3, 0.4) is 0 Å². The van der Waals surface area contributed by atoms with Crippen LogP contribution in [-0.4, -0.2) is 22.5 Å². The number of hydrogen-bond donors (Lipinski definition) is 1. The van der Waals surface area contributed by atoms with E-state index in [4.69, 9.17) is 11.6 Å². The zero-order valence-corrected chi connectivity index (χ0v) is 13.0. The van der Waals surface area contributed by atoms with Crippen molar-refractivity contribution in [1.29, 1.82) is 0 Å². The van der Waals surface area contributed by atoms with Gasteiger partial charge in [-0.15, -0.1) is 0 Å². The Morgan fingerprint density at radius 1 is 1.42 bits per heavy atom. The van der Waals surface area contributed by atoms with E-state index in [2.05, 4.69) is 25.4 Å². The van der Waals surface area contributed by atoms with Crippen LogP contribution >= 0.6 is 23.4 Å². The molecule has 1 aromatic rings. The van der Waals surface area contributed by atoms with E-state index in [1.165, 1.54) is 6.07 Å². The topological polar surface area (TPSA) is 55.2 Å². The van der Waals surface area contributed by atoms with Crippen LogP contribution in [0.1, 0.15) is 26.7 Å². The lowest BCUT2D eigenvalue weighted by Gasteiger charge is -2.30. The highest BCUT2D eigenvalue weighted by molar-refractivity contribution is 8.00. The summed E-state index contributed by atoms with van der Waals surface area (Å²) in [5.41, 5.74) is 0.546. The Bertz CT molecular complexity index is 442. The fourth-order valence-corrected chi connectivity index (χ4v) is 2.88. The summed E-state index contributed by atoms with van der Waals surface area (Å²) < 4.78 is 0.105. The average Bonchev–Trinajstić information content (AvgIpc) is 2.42. The fraction of sp³-hybridized carbons (Fsp3) is 0.538. The number of rotatable bonds is 7. The van der Waals surface area contributed by atoms with Crippen molar-refractivity contribution in [3.8, 4) is 0 Å². The van der Waals surface area contributed by atoms with Crippen LogP contribution in [0.15, 0.2) is 18.2 Å². The van der Waals surface area contributed by atoms with Gasteiger partial charge in [0, 0.05) is 22.4 Å². The monoisotopic (exact) mass is 302 g/mol. The zero-order chi connectivity index (χ0) is 14.5. The number of nitro groups is 1. The van der Waals surface area contributed by atoms with Gasteiger partial charge >= 0.3 is 0 Å². The number of nitrogens with zero attached hydrogens (tertiary/aromatic N) is 1. The fourth-order valence-electron chi connectivity index (χ4n) is 1.92. The molecule has 0 radical (unpaired) electrons. The van der Waals surface area contributed by atoms with E-state index in [0.717, 1.165) is 12.8 Å². The van der Waals surface area contributed by atoms with E-state index in [9.17, 15) is 10.1 Å². The molecule has 6 heteroatoms. The number of hydrogen-bond acceptors (Lipinski definition) is 4. The molecule has 0 saturated carbocycles. The summed E-state index contributed by atoms with van der Waals surface area (Å²) in [6.07, 6.45) is 4.10. The molecule has 1 N–H and O–H groups in total. The average molecular weight is 303 g/mol. The molecule has 0 aliphatic heterocycles. The first-order valence-corrected chi connectivity index (χ1v) is 7.81. The maximum Gasteiger partial charge on any atom is 0.293 e. The van der Waals surface area contributed by atoms with Crippen LogP contribution < -0.4 is 5.32 Å². The Morgan fingerprint density at radius 2 is 2.05 bits per heavy atom. The summed E-state index contributed by atoms with van der Waals surface area (Å²) in [7, 11) is 0. The minimum absolute atomic E-state index is 0.0229. The predicted molar refractivity (Wildman–Crippen MR) is 83.4 cm³/mol. The Labute approximate surface area is 123 Å². The van der Waals surface area contributed by atoms with Gasteiger partial charge < -0.3 is 5.32 Å². The van der Waals surface area contributed by atoms with Gasteiger partial charge in [0.2, 0.25) is 0 Å². The maximum atomic E-state index is 11.0. The number of nitrogens with one attached hydrogen (secondary N) is 1. The van der Waals surface area contributed by atoms with Gasteiger partial charge in [-0.1, -0.05) is 25.4 Å². The quantitative estimate of drug-likeness (QED) is 0.591. The summed E-state index contributed by atoms with van der Waals surface area (Å²) in [6.45, 7) is 4.97. The highest BCUT2D eigenvalue weighted by atomic mass is 35.5. The van der Waals surface area contributed by atoms with Gasteiger partial charge in [-0.3, -0.25) is 10.1 Å². The molecule has 0 amide bonds. The lowest BCUT2D eigenvalue weighted by molar-refractivity contribution is -0.383. The van der Waals surface area contributed by atoms with Gasteiger partial charge in [0.1, 0.15) is 5.69 Å². The van der Waals surface area contributed by atoms with Gasteiger partial charge in [-0.25, -0.2) is 0 Å². The largest absolute Gasteiger partial charge is 0.378 e. The normalized spacial score (nSPS) is 11.4. The smallest absolute Gasteiger partial charge is 0.293 e. The van der Waals surface area contributed by atoms with E-state index < -0.39 is 4.92 Å². The standard InChI is InChI=1S/C13H19ClN2O2S/c1-4-13(5-2,19-3)9-15-11-7-6-10(14)8-12(11)16(17)18/h6-8,15H,4-5,9H2,1-3H3. The summed E-state index contributed by atoms with van der Waals surface area (Å²) in [4.78, 5) is 10.6. The van der Waals surface area contributed by atoms with Crippen molar-refractivity contribution >= 4 is 34.7 Å². The summed E-state index contributed by atoms with van der Waals surface area (Å²) in [6, 6.07) is 4.70. The van der Waals surface area contributed by atoms with Crippen LogP contribution in [0, 0.1) is 10.1 Å². The Kier molecular flexibility index (Phi) is 5.94. The van der Waals surface area contributed by atoms with Crippen molar-refractivity contribution < 1.29 is 4.92 Å². The molecule has 0 saturated heterocycles. The van der Waals surface area contributed by atoms with Crippen LogP contribution in [0.5, 0.6) is 0 Å². The second kappa shape index (κ2) is 7.01. The van der Waals surface area contributed by atoms with Gasteiger partial charge in [-0.2, -0.15) is 11.8 Å². The highest BCUT2D eigenvalue weighted by Gasteiger charge is 2.25. The van der Waals surface area contributed by atoms with Gasteiger partial charge in [0.15, 0.2) is 0 Å². The van der Waals surface area contributed by atoms with Crippen LogP contribution in [-0.2, 0) is 0 Å². The second-order valence-electron chi connectivity index (χ2n) is 4.37. The molecule has 1 rings (SSSR count). The lowest BCUT2D eigenvalue weighted by atomic mass is 10.0.